The average Bonchev–Trinajstić information content (AvgIpc) is 2.83. The molecule has 0 aliphatic carbocycles. The van der Waals surface area contributed by atoms with Crippen molar-refractivity contribution in [2.24, 2.45) is 11.7 Å². The van der Waals surface area contributed by atoms with Crippen molar-refractivity contribution >= 4 is 17.6 Å². The molecule has 34 heavy (non-hydrogen) atoms. The molecule has 1 unspecified atom stereocenters. The molecule has 7 nitrogen and oxygen atoms in total. The topological polar surface area (TPSA) is 123 Å². The molecule has 178 valence electrons. The number of pyridine rings is 1. The number of anilines is 1. The van der Waals surface area contributed by atoms with Crippen molar-refractivity contribution in [3.05, 3.63) is 95.2 Å². The highest BCUT2D eigenvalue weighted by Gasteiger charge is 2.47. The van der Waals surface area contributed by atoms with Gasteiger partial charge in [-0.3, -0.25) is 9.59 Å². The van der Waals surface area contributed by atoms with E-state index in [9.17, 15) is 18.4 Å². The number of hydrogen-bond donors (Lipinski definition) is 4. The second kappa shape index (κ2) is 10.8. The van der Waals surface area contributed by atoms with E-state index in [2.05, 4.69) is 15.6 Å². The molecule has 0 fully saturated rings. The minimum Gasteiger partial charge on any atom is -0.384 e. The first-order valence-corrected chi connectivity index (χ1v) is 10.7. The van der Waals surface area contributed by atoms with Crippen LogP contribution in [0.5, 0.6) is 0 Å². The maximum Gasteiger partial charge on any atom is 0.238 e. The quantitative estimate of drug-likeness (QED) is 0.364. The Morgan fingerprint density at radius 2 is 1.71 bits per heavy atom. The van der Waals surface area contributed by atoms with Crippen molar-refractivity contribution in [3.63, 3.8) is 0 Å². The summed E-state index contributed by atoms with van der Waals surface area (Å²) in [7, 11) is 1.54. The molecule has 1 heterocycles. The van der Waals surface area contributed by atoms with Gasteiger partial charge < -0.3 is 22.1 Å². The Morgan fingerprint density at radius 3 is 2.29 bits per heavy atom. The van der Waals surface area contributed by atoms with E-state index in [4.69, 9.17) is 11.5 Å². The van der Waals surface area contributed by atoms with E-state index in [1.165, 1.54) is 12.3 Å². The van der Waals surface area contributed by atoms with Crippen LogP contribution in [0.25, 0.3) is 0 Å². The maximum atomic E-state index is 13.9. The van der Waals surface area contributed by atoms with Gasteiger partial charge in [0.2, 0.25) is 11.8 Å². The van der Waals surface area contributed by atoms with Gasteiger partial charge in [0.15, 0.2) is 11.6 Å². The van der Waals surface area contributed by atoms with Gasteiger partial charge in [-0.1, -0.05) is 42.5 Å². The summed E-state index contributed by atoms with van der Waals surface area (Å²) in [6.07, 6.45) is 1.59. The number of primary amides is 1. The van der Waals surface area contributed by atoms with Crippen LogP contribution in [0, 0.1) is 17.6 Å². The summed E-state index contributed by atoms with van der Waals surface area (Å²) in [5, 5.41) is 5.77. The lowest BCUT2D eigenvalue weighted by atomic mass is 9.74. The van der Waals surface area contributed by atoms with Gasteiger partial charge in [-0.25, -0.2) is 13.8 Å². The van der Waals surface area contributed by atoms with E-state index >= 15 is 0 Å². The fraction of sp³-hybridized carbons (Fsp3) is 0.240. The molecular weight excluding hydrogens is 440 g/mol. The first-order chi connectivity index (χ1) is 16.2. The molecule has 2 aromatic carbocycles. The minimum absolute atomic E-state index is 0.0559. The van der Waals surface area contributed by atoms with Crippen molar-refractivity contribution in [1.82, 2.24) is 15.6 Å². The number of likely N-dealkylation sites (N-methyl/N-ethyl adjacent to an activating group) is 1. The highest BCUT2D eigenvalue weighted by atomic mass is 19.2. The van der Waals surface area contributed by atoms with Crippen LogP contribution in [0.1, 0.15) is 16.7 Å². The number of nitrogens with one attached hydrogen (secondary N) is 2. The predicted octanol–water partition coefficient (Wildman–Crippen LogP) is 2.10. The molecule has 0 aliphatic rings. The molecule has 0 saturated carbocycles. The molecule has 0 radical (unpaired) electrons. The molecule has 1 aromatic heterocycles. The van der Waals surface area contributed by atoms with Crippen molar-refractivity contribution < 1.29 is 18.4 Å². The van der Waals surface area contributed by atoms with Crippen molar-refractivity contribution in [3.8, 4) is 0 Å². The Kier molecular flexibility index (Phi) is 7.91. The molecule has 0 spiro atoms. The molecule has 0 saturated heterocycles. The zero-order chi connectivity index (χ0) is 24.7. The number of hydrogen-bond acceptors (Lipinski definition) is 5. The third kappa shape index (κ3) is 5.74. The normalized spacial score (nSPS) is 13.6. The zero-order valence-corrected chi connectivity index (χ0v) is 18.7. The number of nitrogens with zero attached hydrogens (tertiary/aromatic N) is 1. The van der Waals surface area contributed by atoms with Crippen LogP contribution in [0.2, 0.25) is 0 Å². The SMILES string of the molecule is CNC(Cc1ccccc1)(C(N)=O)[C@H](Cc1ccc(F)c(F)c1)C(=O)NCc1ccc(N)nc1. The second-order valence-electron chi connectivity index (χ2n) is 8.06. The Bertz CT molecular complexity index is 1140. The first-order valence-electron chi connectivity index (χ1n) is 10.7. The summed E-state index contributed by atoms with van der Waals surface area (Å²) in [5.41, 5.74) is 11.8. The summed E-state index contributed by atoms with van der Waals surface area (Å²) < 4.78 is 27.4. The van der Waals surface area contributed by atoms with E-state index in [-0.39, 0.29) is 19.4 Å². The monoisotopic (exact) mass is 467 g/mol. The number of amides is 2. The van der Waals surface area contributed by atoms with Crippen LogP contribution in [0.3, 0.4) is 0 Å². The van der Waals surface area contributed by atoms with E-state index in [1.54, 1.807) is 19.2 Å². The largest absolute Gasteiger partial charge is 0.384 e. The molecule has 0 aliphatic heterocycles. The fourth-order valence-corrected chi connectivity index (χ4v) is 3.93. The van der Waals surface area contributed by atoms with Gasteiger partial charge in [-0.15, -0.1) is 0 Å². The number of carbonyl (C=O) groups excluding carboxylic acids is 2. The molecule has 6 N–H and O–H groups in total. The van der Waals surface area contributed by atoms with Gasteiger partial charge in [0, 0.05) is 19.2 Å². The molecular formula is C25H27F2N5O2. The number of aromatic nitrogens is 1. The van der Waals surface area contributed by atoms with Gasteiger partial charge >= 0.3 is 0 Å². The lowest BCUT2D eigenvalue weighted by molar-refractivity contribution is -0.136. The van der Waals surface area contributed by atoms with Crippen molar-refractivity contribution in [2.45, 2.75) is 24.9 Å². The van der Waals surface area contributed by atoms with Gasteiger partial charge in [0.25, 0.3) is 0 Å². The molecule has 3 rings (SSSR count). The molecule has 2 atom stereocenters. The number of rotatable bonds is 10. The number of benzene rings is 2. The zero-order valence-electron chi connectivity index (χ0n) is 18.7. The number of carbonyl (C=O) groups is 2. The lowest BCUT2D eigenvalue weighted by Gasteiger charge is -2.37. The van der Waals surface area contributed by atoms with E-state index in [0.29, 0.717) is 16.9 Å². The van der Waals surface area contributed by atoms with Crippen LogP contribution >= 0.6 is 0 Å². The maximum absolute atomic E-state index is 13.9. The molecule has 2 amide bonds. The van der Waals surface area contributed by atoms with Gasteiger partial charge in [-0.05, 0) is 48.4 Å². The van der Waals surface area contributed by atoms with Gasteiger partial charge in [0.1, 0.15) is 11.4 Å². The van der Waals surface area contributed by atoms with Crippen LogP contribution in [-0.2, 0) is 29.0 Å². The number of nitrogens with two attached hydrogens (primary N) is 2. The van der Waals surface area contributed by atoms with E-state index in [1.807, 2.05) is 30.3 Å². The standard InChI is InChI=1S/C25H27F2N5O2/c1-30-25(24(29)34,13-16-5-3-2-4-6-16)19(11-17-7-9-20(26)21(27)12-17)23(33)32-15-18-8-10-22(28)31-14-18/h2-10,12,14,19,30H,11,13,15H2,1H3,(H2,28,31)(H2,29,34)(H,32,33)/t19-,25?/m1/s1. The van der Waals surface area contributed by atoms with E-state index < -0.39 is 34.9 Å². The fourth-order valence-electron chi connectivity index (χ4n) is 3.93. The number of nitrogen functional groups attached to an aromatic ring is 1. The highest BCUT2D eigenvalue weighted by molar-refractivity contribution is 5.93. The van der Waals surface area contributed by atoms with Crippen LogP contribution in [0.4, 0.5) is 14.6 Å². The molecule has 9 heteroatoms. The number of halogens is 2. The Balaban J connectivity index is 1.97. The summed E-state index contributed by atoms with van der Waals surface area (Å²) >= 11 is 0. The smallest absolute Gasteiger partial charge is 0.238 e. The first kappa shape index (κ1) is 24.8. The van der Waals surface area contributed by atoms with Crippen LogP contribution < -0.4 is 22.1 Å². The second-order valence-corrected chi connectivity index (χ2v) is 8.06. The average molecular weight is 468 g/mol. The van der Waals surface area contributed by atoms with E-state index in [0.717, 1.165) is 17.7 Å². The van der Waals surface area contributed by atoms with Gasteiger partial charge in [0.05, 0.1) is 5.92 Å². The predicted molar refractivity (Wildman–Crippen MR) is 125 cm³/mol. The summed E-state index contributed by atoms with van der Waals surface area (Å²) in [5.74, 6) is -3.96. The molecule has 0 bridgehead atoms. The Labute approximate surface area is 196 Å². The minimum atomic E-state index is -1.50. The lowest BCUT2D eigenvalue weighted by Crippen LogP contribution is -2.64. The highest BCUT2D eigenvalue weighted by Crippen LogP contribution is 2.28. The molecule has 3 aromatic rings. The Morgan fingerprint density at radius 1 is 1.00 bits per heavy atom. The Hall–Kier alpha value is -3.85. The van der Waals surface area contributed by atoms with Crippen molar-refractivity contribution in [2.75, 3.05) is 12.8 Å². The third-order valence-electron chi connectivity index (χ3n) is 5.86. The summed E-state index contributed by atoms with van der Waals surface area (Å²) in [4.78, 5) is 30.3. The third-order valence-corrected chi connectivity index (χ3v) is 5.86. The summed E-state index contributed by atoms with van der Waals surface area (Å²) in [6, 6.07) is 15.8. The van der Waals surface area contributed by atoms with Crippen molar-refractivity contribution in [1.29, 1.82) is 0 Å². The summed E-state index contributed by atoms with van der Waals surface area (Å²) in [6.45, 7) is 0.129. The van der Waals surface area contributed by atoms with Crippen LogP contribution in [0.15, 0.2) is 66.9 Å². The van der Waals surface area contributed by atoms with Gasteiger partial charge in [-0.2, -0.15) is 0 Å². The van der Waals surface area contributed by atoms with Crippen LogP contribution in [-0.4, -0.2) is 29.4 Å².